The number of sulfonamides is 1. The molecule has 2 heterocycles. The van der Waals surface area contributed by atoms with Crippen LogP contribution in [0, 0.1) is 6.92 Å². The van der Waals surface area contributed by atoms with Crippen LogP contribution in [0.1, 0.15) is 12.0 Å². The summed E-state index contributed by atoms with van der Waals surface area (Å²) >= 11 is 0. The number of aryl methyl sites for hydroxylation is 2. The van der Waals surface area contributed by atoms with Gasteiger partial charge in [0.15, 0.2) is 6.61 Å². The summed E-state index contributed by atoms with van der Waals surface area (Å²) in [5.74, 6) is 0.510. The minimum Gasteiger partial charge on any atom is -0.484 e. The van der Waals surface area contributed by atoms with E-state index < -0.39 is 10.0 Å². The van der Waals surface area contributed by atoms with Crippen molar-refractivity contribution in [2.24, 2.45) is 7.05 Å². The summed E-state index contributed by atoms with van der Waals surface area (Å²) in [7, 11) is -1.92. The lowest BCUT2D eigenvalue weighted by Gasteiger charge is -2.21. The average molecular weight is 392 g/mol. The van der Waals surface area contributed by atoms with Gasteiger partial charge in [0.25, 0.3) is 5.91 Å². The van der Waals surface area contributed by atoms with Gasteiger partial charge in [0, 0.05) is 39.4 Å². The van der Waals surface area contributed by atoms with Gasteiger partial charge in [-0.25, -0.2) is 8.42 Å². The van der Waals surface area contributed by atoms with Crippen LogP contribution in [0.3, 0.4) is 0 Å². The lowest BCUT2D eigenvalue weighted by Crippen LogP contribution is -2.39. The van der Waals surface area contributed by atoms with Gasteiger partial charge in [0.1, 0.15) is 10.6 Å². The molecule has 1 aromatic heterocycles. The normalized spacial score (nSPS) is 16.1. The Bertz CT molecular complexity index is 910. The van der Waals surface area contributed by atoms with Crippen molar-refractivity contribution in [3.8, 4) is 5.75 Å². The Morgan fingerprint density at radius 1 is 1.22 bits per heavy atom. The van der Waals surface area contributed by atoms with Crippen LogP contribution in [0.25, 0.3) is 0 Å². The fourth-order valence-corrected chi connectivity index (χ4v) is 4.46. The quantitative estimate of drug-likeness (QED) is 0.759. The second-order valence-corrected chi connectivity index (χ2v) is 8.53. The van der Waals surface area contributed by atoms with Gasteiger partial charge in [-0.15, -0.1) is 0 Å². The number of ether oxygens (including phenoxy) is 1. The van der Waals surface area contributed by atoms with Crippen LogP contribution in [-0.2, 0) is 21.9 Å². The van der Waals surface area contributed by atoms with Crippen LogP contribution >= 0.6 is 0 Å². The Labute approximate surface area is 159 Å². The second-order valence-electron chi connectivity index (χ2n) is 6.59. The van der Waals surface area contributed by atoms with Gasteiger partial charge in [-0.2, -0.15) is 9.40 Å². The molecule has 1 fully saturated rings. The van der Waals surface area contributed by atoms with E-state index in [1.165, 1.54) is 21.4 Å². The zero-order valence-corrected chi connectivity index (χ0v) is 16.4. The molecular weight excluding hydrogens is 368 g/mol. The number of nitrogens with zero attached hydrogens (tertiary/aromatic N) is 4. The highest BCUT2D eigenvalue weighted by molar-refractivity contribution is 7.89. The molecule has 0 N–H and O–H groups in total. The Morgan fingerprint density at radius 2 is 2.04 bits per heavy atom. The maximum atomic E-state index is 12.7. The van der Waals surface area contributed by atoms with E-state index in [9.17, 15) is 13.2 Å². The number of aromatic nitrogens is 2. The molecule has 8 nitrogen and oxygen atoms in total. The number of amides is 1. The van der Waals surface area contributed by atoms with E-state index in [0.717, 1.165) is 5.56 Å². The van der Waals surface area contributed by atoms with E-state index in [1.54, 1.807) is 11.9 Å². The molecule has 9 heteroatoms. The first kappa shape index (κ1) is 19.4. The molecule has 27 heavy (non-hydrogen) atoms. The van der Waals surface area contributed by atoms with Crippen LogP contribution in [0.4, 0.5) is 0 Å². The van der Waals surface area contributed by atoms with Crippen LogP contribution in [0.5, 0.6) is 5.75 Å². The van der Waals surface area contributed by atoms with Crippen molar-refractivity contribution in [3.05, 3.63) is 42.2 Å². The third kappa shape index (κ3) is 4.67. The molecule has 1 aromatic carbocycles. The predicted molar refractivity (Wildman–Crippen MR) is 99.8 cm³/mol. The fourth-order valence-electron chi connectivity index (χ4n) is 3.01. The molecule has 0 bridgehead atoms. The molecule has 0 spiro atoms. The third-order valence-corrected chi connectivity index (χ3v) is 6.33. The van der Waals surface area contributed by atoms with Crippen molar-refractivity contribution in [3.63, 3.8) is 0 Å². The van der Waals surface area contributed by atoms with E-state index in [2.05, 4.69) is 5.10 Å². The van der Waals surface area contributed by atoms with Crippen molar-refractivity contribution in [1.82, 2.24) is 19.0 Å². The first-order valence-electron chi connectivity index (χ1n) is 8.82. The van der Waals surface area contributed by atoms with Crippen LogP contribution in [0.2, 0.25) is 0 Å². The number of hydrogen-bond acceptors (Lipinski definition) is 5. The number of benzene rings is 1. The SMILES string of the molecule is Cc1cccc(OCC(=O)N2CCCN(S(=O)(=O)c3cnn(C)c3)CC2)c1. The van der Waals surface area contributed by atoms with Crippen molar-refractivity contribution >= 4 is 15.9 Å². The molecule has 0 atom stereocenters. The summed E-state index contributed by atoms with van der Waals surface area (Å²) in [5, 5.41) is 3.93. The second kappa shape index (κ2) is 8.10. The molecule has 1 amide bonds. The maximum Gasteiger partial charge on any atom is 0.260 e. The standard InChI is InChI=1S/C18H24N4O4S/c1-15-5-3-6-16(11-15)26-14-18(23)21-7-4-8-22(10-9-21)27(24,25)17-12-19-20(2)13-17/h3,5-6,11-13H,4,7-10,14H2,1-2H3. The third-order valence-electron chi connectivity index (χ3n) is 4.48. The predicted octanol–water partition coefficient (Wildman–Crippen LogP) is 1.03. The van der Waals surface area contributed by atoms with Gasteiger partial charge in [-0.05, 0) is 31.0 Å². The minimum atomic E-state index is -3.59. The molecule has 0 radical (unpaired) electrons. The molecule has 0 aliphatic carbocycles. The van der Waals surface area contributed by atoms with Crippen molar-refractivity contribution in [2.45, 2.75) is 18.2 Å². The van der Waals surface area contributed by atoms with Crippen molar-refractivity contribution < 1.29 is 17.9 Å². The highest BCUT2D eigenvalue weighted by Gasteiger charge is 2.29. The lowest BCUT2D eigenvalue weighted by molar-refractivity contribution is -0.133. The molecule has 3 rings (SSSR count). The number of rotatable bonds is 5. The largest absolute Gasteiger partial charge is 0.484 e. The fraction of sp³-hybridized carbons (Fsp3) is 0.444. The minimum absolute atomic E-state index is 0.0567. The highest BCUT2D eigenvalue weighted by Crippen LogP contribution is 2.17. The Balaban J connectivity index is 1.58. The van der Waals surface area contributed by atoms with Crippen LogP contribution in [0.15, 0.2) is 41.6 Å². The van der Waals surface area contributed by atoms with Gasteiger partial charge in [0.2, 0.25) is 10.0 Å². The van der Waals surface area contributed by atoms with E-state index in [0.29, 0.717) is 31.8 Å². The average Bonchev–Trinajstić information content (AvgIpc) is 2.92. The summed E-state index contributed by atoms with van der Waals surface area (Å²) < 4.78 is 33.9. The monoisotopic (exact) mass is 392 g/mol. The maximum absolute atomic E-state index is 12.7. The Morgan fingerprint density at radius 3 is 2.74 bits per heavy atom. The zero-order chi connectivity index (χ0) is 19.4. The molecule has 0 saturated carbocycles. The van der Waals surface area contributed by atoms with Crippen LogP contribution < -0.4 is 4.74 Å². The van der Waals surface area contributed by atoms with E-state index in [4.69, 9.17) is 4.74 Å². The number of carbonyl (C=O) groups is 1. The topological polar surface area (TPSA) is 84.7 Å². The summed E-state index contributed by atoms with van der Waals surface area (Å²) in [6, 6.07) is 7.52. The van der Waals surface area contributed by atoms with Gasteiger partial charge >= 0.3 is 0 Å². The molecule has 0 unspecified atom stereocenters. The molecule has 2 aromatic rings. The first-order chi connectivity index (χ1) is 12.9. The lowest BCUT2D eigenvalue weighted by atomic mass is 10.2. The summed E-state index contributed by atoms with van der Waals surface area (Å²) in [6.45, 7) is 3.39. The number of carbonyl (C=O) groups excluding carboxylic acids is 1. The molecule has 1 aliphatic rings. The smallest absolute Gasteiger partial charge is 0.260 e. The van der Waals surface area contributed by atoms with Gasteiger partial charge in [-0.3, -0.25) is 9.48 Å². The number of hydrogen-bond donors (Lipinski definition) is 0. The summed E-state index contributed by atoms with van der Waals surface area (Å²) in [5.41, 5.74) is 1.06. The van der Waals surface area contributed by atoms with Gasteiger partial charge < -0.3 is 9.64 Å². The van der Waals surface area contributed by atoms with Gasteiger partial charge in [-0.1, -0.05) is 12.1 Å². The first-order valence-corrected chi connectivity index (χ1v) is 10.3. The molecule has 146 valence electrons. The van der Waals surface area contributed by atoms with E-state index >= 15 is 0 Å². The highest BCUT2D eigenvalue weighted by atomic mass is 32.2. The zero-order valence-electron chi connectivity index (χ0n) is 15.5. The Hall–Kier alpha value is -2.39. The van der Waals surface area contributed by atoms with E-state index in [1.807, 2.05) is 31.2 Å². The van der Waals surface area contributed by atoms with Crippen LogP contribution in [-0.4, -0.2) is 66.1 Å². The molecule has 1 saturated heterocycles. The Kier molecular flexibility index (Phi) is 5.81. The van der Waals surface area contributed by atoms with Gasteiger partial charge in [0.05, 0.1) is 6.20 Å². The summed E-state index contributed by atoms with van der Waals surface area (Å²) in [6.07, 6.45) is 3.41. The van der Waals surface area contributed by atoms with E-state index in [-0.39, 0.29) is 24.0 Å². The molecular formula is C18H24N4O4S. The van der Waals surface area contributed by atoms with Crippen molar-refractivity contribution in [2.75, 3.05) is 32.8 Å². The molecule has 1 aliphatic heterocycles. The summed E-state index contributed by atoms with van der Waals surface area (Å²) in [4.78, 5) is 14.3. The van der Waals surface area contributed by atoms with Crippen molar-refractivity contribution in [1.29, 1.82) is 0 Å².